The molecule has 0 aliphatic rings. The number of ether oxygens (including phenoxy) is 1. The van der Waals surface area contributed by atoms with Gasteiger partial charge in [-0.25, -0.2) is 0 Å². The van der Waals surface area contributed by atoms with Crippen LogP contribution in [0.4, 0.5) is 5.69 Å². The van der Waals surface area contributed by atoms with Crippen molar-refractivity contribution in [2.75, 3.05) is 21.2 Å². The van der Waals surface area contributed by atoms with Gasteiger partial charge in [0.1, 0.15) is 18.0 Å². The first kappa shape index (κ1) is 19.0. The van der Waals surface area contributed by atoms with Crippen LogP contribution in [0.3, 0.4) is 0 Å². The number of rotatable bonds is 5. The third-order valence-corrected chi connectivity index (χ3v) is 3.84. The van der Waals surface area contributed by atoms with Gasteiger partial charge in [0.25, 0.3) is 0 Å². The van der Waals surface area contributed by atoms with Crippen LogP contribution >= 0.6 is 0 Å². The molecule has 25 heavy (non-hydrogen) atoms. The zero-order valence-corrected chi connectivity index (χ0v) is 16.0. The molecule has 0 bridgehead atoms. The lowest BCUT2D eigenvalue weighted by Crippen LogP contribution is -3.00. The van der Waals surface area contributed by atoms with E-state index >= 15 is 0 Å². The van der Waals surface area contributed by atoms with Gasteiger partial charge in [0.2, 0.25) is 11.6 Å². The number of quaternary nitrogens is 1. The summed E-state index contributed by atoms with van der Waals surface area (Å²) < 4.78 is 5.84. The summed E-state index contributed by atoms with van der Waals surface area (Å²) in [6.45, 7) is 0.613. The maximum Gasteiger partial charge on any atom is 0.227 e. The van der Waals surface area contributed by atoms with Crippen LogP contribution in [-0.4, -0.2) is 41.6 Å². The molecule has 7 heteroatoms. The van der Waals surface area contributed by atoms with E-state index in [2.05, 4.69) is 46.6 Å². The van der Waals surface area contributed by atoms with Gasteiger partial charge >= 0.3 is 0 Å². The van der Waals surface area contributed by atoms with E-state index in [1.54, 1.807) is 7.11 Å². The minimum atomic E-state index is 0. The second-order valence-corrected chi connectivity index (χ2v) is 6.05. The summed E-state index contributed by atoms with van der Waals surface area (Å²) in [5, 5.41) is 16.9. The van der Waals surface area contributed by atoms with Gasteiger partial charge in [-0.15, -0.1) is 20.4 Å². The molecule has 0 saturated carbocycles. The zero-order valence-electron chi connectivity index (χ0n) is 14.4. The molecule has 130 valence electrons. The Balaban J connectivity index is 0.00000225. The predicted molar refractivity (Wildman–Crippen MR) is 93.4 cm³/mol. The van der Waals surface area contributed by atoms with Crippen molar-refractivity contribution in [3.63, 3.8) is 0 Å². The van der Waals surface area contributed by atoms with Crippen LogP contribution in [0, 0.1) is 0 Å². The van der Waals surface area contributed by atoms with Gasteiger partial charge in [0, 0.05) is 5.56 Å². The normalized spacial score (nSPS) is 10.8. The van der Waals surface area contributed by atoms with E-state index < -0.39 is 0 Å². The highest BCUT2D eigenvalue weighted by atomic mass is 79.9. The third kappa shape index (κ3) is 4.58. The topological polar surface area (TPSA) is 60.8 Å². The molecule has 2 aromatic carbocycles. The number of aromatic nitrogens is 4. The number of halogens is 1. The lowest BCUT2D eigenvalue weighted by Gasteiger charge is -2.27. The third-order valence-electron chi connectivity index (χ3n) is 3.84. The largest absolute Gasteiger partial charge is 1.00 e. The molecule has 0 saturated heterocycles. The van der Waals surface area contributed by atoms with Gasteiger partial charge in [-0.3, -0.25) is 4.48 Å². The van der Waals surface area contributed by atoms with Crippen molar-refractivity contribution in [1.82, 2.24) is 24.9 Å². The number of methoxy groups -OCH3 is 1. The Kier molecular flexibility index (Phi) is 6.17. The molecule has 3 rings (SSSR count). The van der Waals surface area contributed by atoms with E-state index in [1.165, 1.54) is 5.69 Å². The fourth-order valence-corrected chi connectivity index (χ4v) is 2.47. The Morgan fingerprint density at radius 1 is 0.880 bits per heavy atom. The van der Waals surface area contributed by atoms with Gasteiger partial charge < -0.3 is 21.7 Å². The van der Waals surface area contributed by atoms with Crippen molar-refractivity contribution in [2.45, 2.75) is 6.54 Å². The molecule has 6 nitrogen and oxygen atoms in total. The molecule has 1 heterocycles. The molecule has 0 aliphatic carbocycles. The Bertz CT molecular complexity index is 809. The summed E-state index contributed by atoms with van der Waals surface area (Å²) in [6.07, 6.45) is 0. The van der Waals surface area contributed by atoms with Crippen molar-refractivity contribution in [3.05, 3.63) is 60.4 Å². The van der Waals surface area contributed by atoms with E-state index in [4.69, 9.17) is 4.74 Å². The molecule has 1 aromatic heterocycles. The summed E-state index contributed by atoms with van der Waals surface area (Å²) in [5.74, 6) is 1.85. The van der Waals surface area contributed by atoms with E-state index in [1.807, 2.05) is 42.5 Å². The number of nitrogens with zero attached hydrogens (tertiary/aromatic N) is 5. The molecule has 0 unspecified atom stereocenters. The SMILES string of the molecule is COc1cccc(-c2nnc(C[N+](C)(C)c3ccccc3)nn2)c1.[Br-]. The number of hydrogen-bond donors (Lipinski definition) is 0. The van der Waals surface area contributed by atoms with Gasteiger partial charge in [-0.2, -0.15) is 0 Å². The molecule has 0 spiro atoms. The molecule has 0 radical (unpaired) electrons. The highest BCUT2D eigenvalue weighted by Gasteiger charge is 2.21. The van der Waals surface area contributed by atoms with Crippen LogP contribution in [0.25, 0.3) is 11.4 Å². The van der Waals surface area contributed by atoms with E-state index in [9.17, 15) is 0 Å². The molecule has 0 aliphatic heterocycles. The second-order valence-electron chi connectivity index (χ2n) is 6.05. The highest BCUT2D eigenvalue weighted by Crippen LogP contribution is 2.21. The summed E-state index contributed by atoms with van der Waals surface area (Å²) >= 11 is 0. The first-order valence-corrected chi connectivity index (χ1v) is 7.68. The smallest absolute Gasteiger partial charge is 0.227 e. The summed E-state index contributed by atoms with van der Waals surface area (Å²) in [5.41, 5.74) is 2.01. The Labute approximate surface area is 157 Å². The molecular formula is C18H20BrN5O. The fourth-order valence-electron chi connectivity index (χ4n) is 2.47. The summed E-state index contributed by atoms with van der Waals surface area (Å²) in [6, 6.07) is 17.8. The van der Waals surface area contributed by atoms with Crippen LogP contribution < -0.4 is 26.2 Å². The zero-order chi connectivity index (χ0) is 17.0. The van der Waals surface area contributed by atoms with Crippen molar-refractivity contribution >= 4 is 5.69 Å². The van der Waals surface area contributed by atoms with Crippen molar-refractivity contribution in [2.24, 2.45) is 0 Å². The number of para-hydroxylation sites is 1. The molecule has 0 amide bonds. The molecular weight excluding hydrogens is 382 g/mol. The van der Waals surface area contributed by atoms with Crippen LogP contribution in [0.15, 0.2) is 54.6 Å². The highest BCUT2D eigenvalue weighted by molar-refractivity contribution is 5.56. The van der Waals surface area contributed by atoms with E-state index in [0.717, 1.165) is 11.3 Å². The Hall–Kier alpha value is -2.38. The van der Waals surface area contributed by atoms with E-state index in [-0.39, 0.29) is 17.0 Å². The van der Waals surface area contributed by atoms with Crippen LogP contribution in [0.1, 0.15) is 5.82 Å². The first-order valence-electron chi connectivity index (χ1n) is 7.68. The Morgan fingerprint density at radius 2 is 1.56 bits per heavy atom. The minimum absolute atomic E-state index is 0. The molecule has 0 atom stereocenters. The lowest BCUT2D eigenvalue weighted by atomic mass is 10.2. The summed E-state index contributed by atoms with van der Waals surface area (Å²) in [7, 11) is 5.84. The standard InChI is InChI=1S/C18H20N5O.BrH/c1-23(2,15-9-5-4-6-10-15)13-17-19-21-18(22-20-17)14-8-7-11-16(12-14)24-3;/h4-12H,13H2,1-3H3;1H/q+1;/p-1. The molecule has 3 aromatic rings. The average molecular weight is 402 g/mol. The minimum Gasteiger partial charge on any atom is -1.00 e. The maximum absolute atomic E-state index is 5.22. The fraction of sp³-hybridized carbons (Fsp3) is 0.222. The van der Waals surface area contributed by atoms with Crippen LogP contribution in [0.2, 0.25) is 0 Å². The Morgan fingerprint density at radius 3 is 2.20 bits per heavy atom. The van der Waals surface area contributed by atoms with Crippen LogP contribution in [0.5, 0.6) is 5.75 Å². The quantitative estimate of drug-likeness (QED) is 0.550. The summed E-state index contributed by atoms with van der Waals surface area (Å²) in [4.78, 5) is 0. The van der Waals surface area contributed by atoms with Crippen molar-refractivity contribution < 1.29 is 21.7 Å². The monoisotopic (exact) mass is 401 g/mol. The van der Waals surface area contributed by atoms with Gasteiger partial charge in [0.05, 0.1) is 21.2 Å². The average Bonchev–Trinajstić information content (AvgIpc) is 2.63. The van der Waals surface area contributed by atoms with E-state index in [0.29, 0.717) is 22.7 Å². The lowest BCUT2D eigenvalue weighted by molar-refractivity contribution is -0.00000571. The second kappa shape index (κ2) is 8.13. The number of benzene rings is 2. The van der Waals surface area contributed by atoms with Gasteiger partial charge in [0.15, 0.2) is 0 Å². The molecule has 0 fully saturated rings. The molecule has 0 N–H and O–H groups in total. The predicted octanol–water partition coefficient (Wildman–Crippen LogP) is -0.287. The van der Waals surface area contributed by atoms with Gasteiger partial charge in [-0.05, 0) is 24.3 Å². The maximum atomic E-state index is 5.22. The number of hydrogen-bond acceptors (Lipinski definition) is 5. The van der Waals surface area contributed by atoms with Crippen LogP contribution in [-0.2, 0) is 6.54 Å². The van der Waals surface area contributed by atoms with Gasteiger partial charge in [-0.1, -0.05) is 30.3 Å². The first-order chi connectivity index (χ1) is 11.6. The van der Waals surface area contributed by atoms with Crippen molar-refractivity contribution in [3.8, 4) is 17.1 Å². The van der Waals surface area contributed by atoms with Crippen molar-refractivity contribution in [1.29, 1.82) is 0 Å².